The summed E-state index contributed by atoms with van der Waals surface area (Å²) in [5.74, 6) is 0.814. The van der Waals surface area contributed by atoms with Crippen LogP contribution in [0.3, 0.4) is 0 Å². The van der Waals surface area contributed by atoms with Crippen LogP contribution < -0.4 is 10.9 Å². The molecular weight excluding hydrogens is 270 g/mol. The van der Waals surface area contributed by atoms with Crippen LogP contribution in [0.4, 0.5) is 0 Å². The molecule has 1 N–H and O–H groups in total. The van der Waals surface area contributed by atoms with E-state index in [0.717, 1.165) is 37.2 Å². The van der Waals surface area contributed by atoms with Gasteiger partial charge in [0.2, 0.25) is 0 Å². The molecule has 116 valence electrons. The number of piperidine rings is 1. The molecule has 1 aliphatic carbocycles. The second-order valence-electron chi connectivity index (χ2n) is 6.25. The van der Waals surface area contributed by atoms with Crippen molar-refractivity contribution in [1.29, 1.82) is 0 Å². The summed E-state index contributed by atoms with van der Waals surface area (Å²) < 4.78 is 6.08. The molecule has 1 unspecified atom stereocenters. The van der Waals surface area contributed by atoms with Crippen molar-refractivity contribution < 1.29 is 9.32 Å². The van der Waals surface area contributed by atoms with E-state index in [-0.39, 0.29) is 18.0 Å². The molecule has 1 aromatic rings. The summed E-state index contributed by atoms with van der Waals surface area (Å²) >= 11 is 0. The van der Waals surface area contributed by atoms with Crippen LogP contribution in [0.2, 0.25) is 0 Å². The van der Waals surface area contributed by atoms with Crippen molar-refractivity contribution in [2.45, 2.75) is 38.6 Å². The number of hydrogen-bond acceptors (Lipinski definition) is 5. The third-order valence-electron chi connectivity index (χ3n) is 4.28. The predicted molar refractivity (Wildman–Crippen MR) is 78.5 cm³/mol. The van der Waals surface area contributed by atoms with E-state index in [2.05, 4.69) is 10.2 Å². The Kier molecular flexibility index (Phi) is 4.26. The maximum absolute atomic E-state index is 12.3. The van der Waals surface area contributed by atoms with E-state index in [0.29, 0.717) is 17.7 Å². The van der Waals surface area contributed by atoms with Crippen LogP contribution in [0.1, 0.15) is 36.2 Å². The van der Waals surface area contributed by atoms with Crippen LogP contribution in [-0.2, 0) is 0 Å². The fourth-order valence-corrected chi connectivity index (χ4v) is 3.05. The number of nitrogens with zero attached hydrogens (tertiary/aromatic N) is 2. The van der Waals surface area contributed by atoms with Gasteiger partial charge in [-0.15, -0.1) is 4.74 Å². The summed E-state index contributed by atoms with van der Waals surface area (Å²) in [5.41, 5.74) is -0.368. The van der Waals surface area contributed by atoms with Gasteiger partial charge in [0.15, 0.2) is 0 Å². The van der Waals surface area contributed by atoms with Crippen LogP contribution >= 0.6 is 0 Å². The second kappa shape index (κ2) is 6.15. The molecular formula is C15H23N3O3. The molecule has 0 bridgehead atoms. The average molecular weight is 293 g/mol. The molecule has 2 fully saturated rings. The zero-order valence-electron chi connectivity index (χ0n) is 12.5. The molecule has 0 radical (unpaired) electrons. The van der Waals surface area contributed by atoms with E-state index in [1.165, 1.54) is 18.9 Å². The number of nitrogens with one attached hydrogen (secondary N) is 1. The first-order valence-electron chi connectivity index (χ1n) is 7.81. The standard InChI is InChI=1S/C15H23N3O3/c1-11-7-14(19)18(21-11)15(20)10-17(13-4-5-13)9-12-3-2-6-16-8-12/h7,12-13,16H,2-6,8-10H2,1H3. The lowest BCUT2D eigenvalue weighted by Crippen LogP contribution is -2.43. The topological polar surface area (TPSA) is 67.5 Å². The number of hydrogen-bond donors (Lipinski definition) is 1. The van der Waals surface area contributed by atoms with E-state index in [1.54, 1.807) is 6.92 Å². The van der Waals surface area contributed by atoms with Gasteiger partial charge in [-0.05, 0) is 51.6 Å². The molecule has 6 nitrogen and oxygen atoms in total. The molecule has 0 aromatic carbocycles. The van der Waals surface area contributed by atoms with Crippen molar-refractivity contribution in [3.8, 4) is 0 Å². The molecule has 1 saturated carbocycles. The van der Waals surface area contributed by atoms with E-state index in [4.69, 9.17) is 4.52 Å². The van der Waals surface area contributed by atoms with Crippen LogP contribution in [0.5, 0.6) is 0 Å². The summed E-state index contributed by atoms with van der Waals surface area (Å²) in [5, 5.41) is 3.41. The minimum Gasteiger partial charge on any atom is -0.373 e. The van der Waals surface area contributed by atoms with E-state index in [9.17, 15) is 9.59 Å². The summed E-state index contributed by atoms with van der Waals surface area (Å²) in [6.07, 6.45) is 4.72. The molecule has 6 heteroatoms. The Bertz CT molecular complexity index is 553. The quantitative estimate of drug-likeness (QED) is 0.872. The molecule has 2 aliphatic rings. The lowest BCUT2D eigenvalue weighted by molar-refractivity contribution is 0.0690. The highest BCUT2D eigenvalue weighted by Gasteiger charge is 2.33. The lowest BCUT2D eigenvalue weighted by Gasteiger charge is -2.29. The van der Waals surface area contributed by atoms with Gasteiger partial charge in [0, 0.05) is 18.7 Å². The molecule has 1 aromatic heterocycles. The Morgan fingerprint density at radius 3 is 2.86 bits per heavy atom. The lowest BCUT2D eigenvalue weighted by atomic mass is 9.99. The summed E-state index contributed by atoms with van der Waals surface area (Å²) in [4.78, 5) is 26.2. The van der Waals surface area contributed by atoms with Crippen LogP contribution in [0, 0.1) is 12.8 Å². The average Bonchev–Trinajstić information content (AvgIpc) is 3.24. The Hall–Kier alpha value is -1.40. The fourth-order valence-electron chi connectivity index (χ4n) is 3.05. The fraction of sp³-hybridized carbons (Fsp3) is 0.733. The number of rotatable bonds is 5. The molecule has 3 rings (SSSR count). The highest BCUT2D eigenvalue weighted by molar-refractivity contribution is 5.79. The van der Waals surface area contributed by atoms with Gasteiger partial charge in [-0.3, -0.25) is 14.5 Å². The second-order valence-corrected chi connectivity index (χ2v) is 6.25. The normalized spacial score (nSPS) is 22.7. The predicted octanol–water partition coefficient (Wildman–Crippen LogP) is 0.854. The summed E-state index contributed by atoms with van der Waals surface area (Å²) in [6.45, 7) is 5.00. The van der Waals surface area contributed by atoms with Crippen LogP contribution in [-0.4, -0.2) is 47.8 Å². The first-order chi connectivity index (χ1) is 10.1. The highest BCUT2D eigenvalue weighted by Crippen LogP contribution is 2.28. The largest absolute Gasteiger partial charge is 0.373 e. The van der Waals surface area contributed by atoms with Crippen molar-refractivity contribution in [1.82, 2.24) is 15.0 Å². The van der Waals surface area contributed by atoms with Gasteiger partial charge in [0.1, 0.15) is 5.76 Å². The summed E-state index contributed by atoms with van der Waals surface area (Å²) in [6, 6.07) is 1.85. The third-order valence-corrected chi connectivity index (χ3v) is 4.28. The Labute approximate surface area is 124 Å². The molecule has 21 heavy (non-hydrogen) atoms. The number of aromatic nitrogens is 1. The van der Waals surface area contributed by atoms with Crippen LogP contribution in [0.15, 0.2) is 15.4 Å². The number of carbonyl (C=O) groups excluding carboxylic acids is 1. The van der Waals surface area contributed by atoms with Crippen LogP contribution in [0.25, 0.3) is 0 Å². The van der Waals surface area contributed by atoms with Gasteiger partial charge in [-0.1, -0.05) is 0 Å². The van der Waals surface area contributed by atoms with Crippen molar-refractivity contribution >= 4 is 5.91 Å². The van der Waals surface area contributed by atoms with Gasteiger partial charge in [0.05, 0.1) is 6.54 Å². The van der Waals surface area contributed by atoms with Crippen molar-refractivity contribution in [2.24, 2.45) is 5.92 Å². The minimum absolute atomic E-state index is 0.260. The maximum atomic E-state index is 12.3. The van der Waals surface area contributed by atoms with Crippen molar-refractivity contribution in [3.63, 3.8) is 0 Å². The van der Waals surface area contributed by atoms with E-state index in [1.807, 2.05) is 0 Å². The zero-order chi connectivity index (χ0) is 14.8. The van der Waals surface area contributed by atoms with E-state index >= 15 is 0 Å². The highest BCUT2D eigenvalue weighted by atomic mass is 16.5. The Balaban J connectivity index is 1.63. The van der Waals surface area contributed by atoms with Crippen molar-refractivity contribution in [2.75, 3.05) is 26.2 Å². The van der Waals surface area contributed by atoms with E-state index < -0.39 is 0 Å². The SMILES string of the molecule is Cc1cc(=O)n(C(=O)CN(CC2CCCNC2)C2CC2)o1. The molecule has 0 spiro atoms. The Morgan fingerprint density at radius 2 is 2.29 bits per heavy atom. The molecule has 1 aliphatic heterocycles. The molecule has 0 amide bonds. The zero-order valence-corrected chi connectivity index (χ0v) is 12.5. The number of carbonyl (C=O) groups is 1. The van der Waals surface area contributed by atoms with Gasteiger partial charge in [-0.2, -0.15) is 0 Å². The van der Waals surface area contributed by atoms with Crippen molar-refractivity contribution in [3.05, 3.63) is 22.2 Å². The smallest absolute Gasteiger partial charge is 0.290 e. The maximum Gasteiger partial charge on any atom is 0.290 e. The third kappa shape index (κ3) is 3.63. The van der Waals surface area contributed by atoms with Gasteiger partial charge in [-0.25, -0.2) is 0 Å². The first-order valence-corrected chi connectivity index (χ1v) is 7.81. The molecule has 1 saturated heterocycles. The Morgan fingerprint density at radius 1 is 1.48 bits per heavy atom. The summed E-state index contributed by atoms with van der Waals surface area (Å²) in [7, 11) is 0. The van der Waals surface area contributed by atoms with Gasteiger partial charge >= 0.3 is 0 Å². The van der Waals surface area contributed by atoms with Gasteiger partial charge in [0.25, 0.3) is 11.5 Å². The number of aryl methyl sites for hydroxylation is 1. The molecule has 2 heterocycles. The van der Waals surface area contributed by atoms with Gasteiger partial charge < -0.3 is 9.84 Å². The molecule has 1 atom stereocenters. The first kappa shape index (κ1) is 14.5. The minimum atomic E-state index is -0.368. The monoisotopic (exact) mass is 293 g/mol.